The molecule has 7 unspecified atom stereocenters. The van der Waals surface area contributed by atoms with Gasteiger partial charge in [-0.05, 0) is 88.8 Å². The van der Waals surface area contributed by atoms with Gasteiger partial charge in [-0.25, -0.2) is 14.0 Å². The fourth-order valence-corrected chi connectivity index (χ4v) is 16.5. The molecule has 1 aromatic heterocycles. The number of carbonyl (C=O) groups excluding carboxylic acids is 4. The van der Waals surface area contributed by atoms with E-state index >= 15 is 9.18 Å². The first-order valence-corrected chi connectivity index (χ1v) is 27.1. The summed E-state index contributed by atoms with van der Waals surface area (Å²) in [4.78, 5) is 77.2. The lowest BCUT2D eigenvalue weighted by molar-refractivity contribution is -0.215. The van der Waals surface area contributed by atoms with Gasteiger partial charge in [0.05, 0.1) is 27.4 Å². The van der Waals surface area contributed by atoms with Crippen LogP contribution in [0.3, 0.4) is 0 Å². The van der Waals surface area contributed by atoms with E-state index in [9.17, 15) is 19.2 Å². The van der Waals surface area contributed by atoms with Crippen LogP contribution in [0.4, 0.5) is 10.1 Å². The van der Waals surface area contributed by atoms with Crippen LogP contribution in [0.2, 0.25) is 0 Å². The van der Waals surface area contributed by atoms with Crippen LogP contribution >= 0.6 is 23.5 Å². The van der Waals surface area contributed by atoms with Gasteiger partial charge in [-0.1, -0.05) is 75.9 Å². The number of piperidine rings is 1. The lowest BCUT2D eigenvalue weighted by Crippen LogP contribution is -2.63. The zero-order chi connectivity index (χ0) is 48.7. The number of esters is 3. The molecule has 3 saturated carbocycles. The smallest absolute Gasteiger partial charge is 0.352 e. The molecule has 2 aromatic carbocycles. The Morgan fingerprint density at radius 1 is 1.00 bits per heavy atom. The molecule has 0 radical (unpaired) electrons. The number of ketones is 1. The molecule has 4 aliphatic heterocycles. The molecule has 12 atom stereocenters. The van der Waals surface area contributed by atoms with Crippen LogP contribution in [0, 0.1) is 39.8 Å². The highest BCUT2D eigenvalue weighted by Gasteiger charge is 2.69. The predicted octanol–water partition coefficient (Wildman–Crippen LogP) is 8.89. The van der Waals surface area contributed by atoms with Crippen LogP contribution in [-0.4, -0.2) is 102 Å². The number of nitrogens with one attached hydrogen (secondary N) is 1. The minimum atomic E-state index is -1.59. The first-order chi connectivity index (χ1) is 33.0. The van der Waals surface area contributed by atoms with Gasteiger partial charge in [-0.3, -0.25) is 14.4 Å². The van der Waals surface area contributed by atoms with Gasteiger partial charge < -0.3 is 33.9 Å². The van der Waals surface area contributed by atoms with Crippen LogP contribution in [0.15, 0.2) is 64.9 Å². The number of carbonyl (C=O) groups is 4. The third-order valence-electron chi connectivity index (χ3n) is 18.3. The van der Waals surface area contributed by atoms with Gasteiger partial charge in [0.1, 0.15) is 29.4 Å². The summed E-state index contributed by atoms with van der Waals surface area (Å²) in [5, 5.41) is 3.95. The molecular weight excluding hydrogens is 916 g/mol. The lowest BCUT2D eigenvalue weighted by Gasteiger charge is -2.62. The minimum absolute atomic E-state index is 0.0504. The van der Waals surface area contributed by atoms with Crippen molar-refractivity contribution in [3.05, 3.63) is 82.3 Å². The number of pyridine rings is 1. The first kappa shape index (κ1) is 48.4. The molecule has 12 nitrogen and oxygen atoms in total. The normalized spacial score (nSPS) is 35.5. The summed E-state index contributed by atoms with van der Waals surface area (Å²) in [7, 11) is 2.21. The van der Waals surface area contributed by atoms with Gasteiger partial charge in [0, 0.05) is 83.5 Å². The highest BCUT2D eigenvalue weighted by molar-refractivity contribution is 8.00. The Morgan fingerprint density at radius 3 is 2.39 bits per heavy atom. The molecule has 3 aromatic rings. The maximum Gasteiger partial charge on any atom is 0.352 e. The van der Waals surface area contributed by atoms with Gasteiger partial charge >= 0.3 is 17.9 Å². The molecule has 15 heteroatoms. The molecule has 0 amide bonds. The number of halogens is 1. The van der Waals surface area contributed by atoms with Crippen LogP contribution in [0.1, 0.15) is 120 Å². The van der Waals surface area contributed by atoms with E-state index in [1.54, 1.807) is 54.2 Å². The van der Waals surface area contributed by atoms with Gasteiger partial charge in [0.15, 0.2) is 0 Å². The summed E-state index contributed by atoms with van der Waals surface area (Å²) in [5.41, 5.74) is -1.90. The van der Waals surface area contributed by atoms with E-state index in [-0.39, 0.29) is 52.1 Å². The average Bonchev–Trinajstić information content (AvgIpc) is 3.78. The Balaban J connectivity index is 0.966. The van der Waals surface area contributed by atoms with Crippen molar-refractivity contribution >= 4 is 63.8 Å². The minimum Gasteiger partial charge on any atom is -0.461 e. The van der Waals surface area contributed by atoms with E-state index in [0.29, 0.717) is 78.1 Å². The molecule has 3 saturated heterocycles. The second kappa shape index (κ2) is 18.5. The molecule has 3 aliphatic carbocycles. The van der Waals surface area contributed by atoms with Gasteiger partial charge in [0.25, 0.3) is 0 Å². The predicted molar refractivity (Wildman–Crippen MR) is 267 cm³/mol. The number of thioether (sulfide) groups is 2. The number of rotatable bonds is 11. The van der Waals surface area contributed by atoms with Crippen molar-refractivity contribution in [1.82, 2.24) is 14.8 Å². The third-order valence-corrected chi connectivity index (χ3v) is 20.8. The summed E-state index contributed by atoms with van der Waals surface area (Å²) < 4.78 is 37.4. The van der Waals surface area contributed by atoms with E-state index in [4.69, 9.17) is 14.2 Å². The van der Waals surface area contributed by atoms with Crippen molar-refractivity contribution in [3.8, 4) is 0 Å². The quantitative estimate of drug-likeness (QED) is 0.111. The Labute approximate surface area is 413 Å². The first-order valence-electron chi connectivity index (χ1n) is 25.2. The molecule has 4 bridgehead atoms. The van der Waals surface area contributed by atoms with Crippen LogP contribution in [0.5, 0.6) is 0 Å². The van der Waals surface area contributed by atoms with Crippen molar-refractivity contribution < 1.29 is 37.8 Å². The molecule has 5 heterocycles. The van der Waals surface area contributed by atoms with Crippen molar-refractivity contribution in [3.63, 3.8) is 0 Å². The highest BCUT2D eigenvalue weighted by atomic mass is 32.2. The van der Waals surface area contributed by atoms with E-state index in [1.165, 1.54) is 30.7 Å². The molecule has 69 heavy (non-hydrogen) atoms. The monoisotopic (exact) mass is 982 g/mol. The van der Waals surface area contributed by atoms with Gasteiger partial charge in [0.2, 0.25) is 11.5 Å². The molecule has 370 valence electrons. The van der Waals surface area contributed by atoms with Gasteiger partial charge in [-0.15, -0.1) is 18.3 Å². The number of nitrogens with zero attached hydrogens (tertiary/aromatic N) is 3. The second-order valence-corrected chi connectivity index (χ2v) is 24.4. The Kier molecular flexibility index (Phi) is 13.0. The summed E-state index contributed by atoms with van der Waals surface area (Å²) in [6, 6.07) is 12.6. The van der Waals surface area contributed by atoms with E-state index in [2.05, 4.69) is 44.6 Å². The number of hydrogen-bond donors (Lipinski definition) is 1. The molecule has 10 rings (SSSR count). The topological polar surface area (TPSA) is 136 Å². The molecule has 0 spiro atoms. The largest absolute Gasteiger partial charge is 0.461 e. The second-order valence-electron chi connectivity index (χ2n) is 21.8. The number of ether oxygens (including phenoxy) is 3. The number of hydrogen-bond acceptors (Lipinski definition) is 13. The Morgan fingerprint density at radius 2 is 1.71 bits per heavy atom. The Hall–Kier alpha value is -4.18. The van der Waals surface area contributed by atoms with Crippen LogP contribution in [0.25, 0.3) is 10.9 Å². The van der Waals surface area contributed by atoms with Crippen molar-refractivity contribution in [1.29, 1.82) is 0 Å². The average molecular weight is 983 g/mol. The number of aromatic nitrogens is 1. The van der Waals surface area contributed by atoms with Crippen LogP contribution in [-0.2, 0) is 28.6 Å². The van der Waals surface area contributed by atoms with E-state index in [1.807, 2.05) is 23.3 Å². The van der Waals surface area contributed by atoms with Gasteiger partial charge in [-0.2, -0.15) is 0 Å². The number of benzene rings is 2. The standard InChI is InChI=1S/C54H67FN4O8S2/c1-8-52(5)28-42(65-43(61)29-68-36-24-34-14-15-35(25-36)57(34)7)53(6)30(2)16-18-54(19-17-41(60)47(53)54)31(3)48(52)67-51(64)46(33-12-10-9-11-13-33)66-50(63)44-45(62)37-26-38(55)40(58-22-20-56-21-23-58)27-39(37)59-32(4)69-49(44)59/h8-13,26-27,30-32,34-36,42,46-48,56H,1,14-25,28-29H2,2-7H3/t30?,31-,32?,34?,35?,36?,42+,46?,47?,48-,52+,53-,54?/m1/s1. The lowest BCUT2D eigenvalue weighted by atomic mass is 9.44. The van der Waals surface area contributed by atoms with Crippen LogP contribution < -0.4 is 15.6 Å². The fraction of sp³-hybridized carbons (Fsp3) is 0.611. The fourth-order valence-electron chi connectivity index (χ4n) is 14.2. The highest BCUT2D eigenvalue weighted by Crippen LogP contribution is 2.68. The summed E-state index contributed by atoms with van der Waals surface area (Å²) in [6.07, 6.45) is 5.94. The van der Waals surface area contributed by atoms with E-state index in [0.717, 1.165) is 25.7 Å². The molecule has 6 fully saturated rings. The maximum atomic E-state index is 15.9. The zero-order valence-electron chi connectivity index (χ0n) is 40.8. The van der Waals surface area contributed by atoms with Crippen molar-refractivity contribution in [2.45, 2.75) is 138 Å². The third kappa shape index (κ3) is 8.07. The maximum absolute atomic E-state index is 15.9. The number of piperazine rings is 1. The molecule has 7 aliphatic rings. The number of fused-ring (bicyclic) bond motifs is 5. The molecule has 1 N–H and O–H groups in total. The Bertz CT molecular complexity index is 2610. The zero-order valence-corrected chi connectivity index (χ0v) is 42.4. The summed E-state index contributed by atoms with van der Waals surface area (Å²) in [5.74, 6) is -3.06. The summed E-state index contributed by atoms with van der Waals surface area (Å²) >= 11 is 3.02. The van der Waals surface area contributed by atoms with E-state index < -0.39 is 63.7 Å². The molecular formula is C54H67FN4O8S2. The van der Waals surface area contributed by atoms with Crippen molar-refractivity contribution in [2.75, 3.05) is 43.9 Å². The number of Topliss-reactive ketones (excluding diaryl/α,β-unsaturated/α-hetero) is 1. The number of anilines is 1. The summed E-state index contributed by atoms with van der Waals surface area (Å²) in [6.45, 7) is 17.3. The SMILES string of the molecule is C=C[C@@]1(C)C[C@H](OC(=O)CSC2CC3CCC(C2)N3C)[C@@]2(C)C(C)CCC3(CCC(=O)C32)[C@H](C)[C@H]1OC(=O)C(OC(=O)c1c2n(c3cc(N4CCNCC4)c(F)cc3c1=O)C(C)S2)c1ccccc1. The van der Waals surface area contributed by atoms with Crippen molar-refractivity contribution in [2.24, 2.45) is 34.0 Å².